The maximum atomic E-state index is 12.5. The summed E-state index contributed by atoms with van der Waals surface area (Å²) >= 11 is 9.34. The van der Waals surface area contributed by atoms with E-state index in [0.717, 1.165) is 15.4 Å². The average Bonchev–Trinajstić information content (AvgIpc) is 2.81. The summed E-state index contributed by atoms with van der Waals surface area (Å²) in [5, 5.41) is 1.53. The lowest BCUT2D eigenvalue weighted by molar-refractivity contribution is 0.103. The SMILES string of the molecule is O=C(c1ccccc1Br)c1c[nH]c2cc(Cl)ccc12. The zero-order valence-electron chi connectivity index (χ0n) is 9.78. The summed E-state index contributed by atoms with van der Waals surface area (Å²) in [6.07, 6.45) is 1.72. The van der Waals surface area contributed by atoms with Crippen molar-refractivity contribution in [3.63, 3.8) is 0 Å². The van der Waals surface area contributed by atoms with Gasteiger partial charge in [0.05, 0.1) is 0 Å². The molecule has 3 rings (SSSR count). The number of carbonyl (C=O) groups excluding carboxylic acids is 1. The highest BCUT2D eigenvalue weighted by Gasteiger charge is 2.16. The molecule has 1 aromatic heterocycles. The number of rotatable bonds is 2. The molecule has 2 nitrogen and oxygen atoms in total. The minimum absolute atomic E-state index is 0.0129. The largest absolute Gasteiger partial charge is 0.360 e. The molecular formula is C15H9BrClNO. The van der Waals surface area contributed by atoms with Gasteiger partial charge >= 0.3 is 0 Å². The number of aromatic nitrogens is 1. The third-order valence-corrected chi connectivity index (χ3v) is 3.93. The molecule has 3 aromatic rings. The van der Waals surface area contributed by atoms with Crippen LogP contribution in [0.3, 0.4) is 0 Å². The summed E-state index contributed by atoms with van der Waals surface area (Å²) in [6.45, 7) is 0. The van der Waals surface area contributed by atoms with Crippen LogP contribution in [-0.4, -0.2) is 10.8 Å². The molecule has 0 bridgehead atoms. The molecule has 2 aromatic carbocycles. The van der Waals surface area contributed by atoms with Gasteiger partial charge in [-0.25, -0.2) is 0 Å². The van der Waals surface area contributed by atoms with Gasteiger partial charge in [0, 0.05) is 37.7 Å². The minimum atomic E-state index is -0.0129. The average molecular weight is 335 g/mol. The second kappa shape index (κ2) is 4.83. The monoisotopic (exact) mass is 333 g/mol. The Morgan fingerprint density at radius 2 is 1.89 bits per heavy atom. The molecule has 1 heterocycles. The van der Waals surface area contributed by atoms with Crippen molar-refractivity contribution in [2.45, 2.75) is 0 Å². The lowest BCUT2D eigenvalue weighted by Crippen LogP contribution is -2.01. The Hall–Kier alpha value is -1.58. The van der Waals surface area contributed by atoms with E-state index in [2.05, 4.69) is 20.9 Å². The number of nitrogens with one attached hydrogen (secondary N) is 1. The second-order valence-electron chi connectivity index (χ2n) is 4.20. The van der Waals surface area contributed by atoms with Gasteiger partial charge in [0.25, 0.3) is 0 Å². The van der Waals surface area contributed by atoms with Crippen molar-refractivity contribution in [2.24, 2.45) is 0 Å². The first-order valence-electron chi connectivity index (χ1n) is 5.72. The van der Waals surface area contributed by atoms with Crippen LogP contribution in [0.4, 0.5) is 0 Å². The molecule has 0 fully saturated rings. The van der Waals surface area contributed by atoms with Crippen molar-refractivity contribution in [3.05, 3.63) is 69.3 Å². The highest BCUT2D eigenvalue weighted by atomic mass is 79.9. The number of carbonyl (C=O) groups is 1. The maximum absolute atomic E-state index is 12.5. The van der Waals surface area contributed by atoms with Crippen molar-refractivity contribution in [3.8, 4) is 0 Å². The van der Waals surface area contributed by atoms with Gasteiger partial charge in [-0.3, -0.25) is 4.79 Å². The van der Waals surface area contributed by atoms with Gasteiger partial charge in [0.1, 0.15) is 0 Å². The first-order chi connectivity index (χ1) is 9.16. The lowest BCUT2D eigenvalue weighted by atomic mass is 10.0. The van der Waals surface area contributed by atoms with E-state index in [1.807, 2.05) is 30.3 Å². The number of aromatic amines is 1. The third kappa shape index (κ3) is 2.20. The highest BCUT2D eigenvalue weighted by Crippen LogP contribution is 2.26. The molecule has 0 aliphatic rings. The molecule has 0 atom stereocenters. The van der Waals surface area contributed by atoms with Gasteiger partial charge in [-0.05, 0) is 24.3 Å². The van der Waals surface area contributed by atoms with E-state index in [1.54, 1.807) is 18.3 Å². The normalized spacial score (nSPS) is 10.8. The second-order valence-corrected chi connectivity index (χ2v) is 5.49. The first-order valence-corrected chi connectivity index (χ1v) is 6.90. The lowest BCUT2D eigenvalue weighted by Gasteiger charge is -2.02. The minimum Gasteiger partial charge on any atom is -0.360 e. The fraction of sp³-hybridized carbons (Fsp3) is 0. The summed E-state index contributed by atoms with van der Waals surface area (Å²) in [6, 6.07) is 12.9. The molecule has 0 aliphatic heterocycles. The fourth-order valence-corrected chi connectivity index (χ4v) is 2.71. The zero-order valence-corrected chi connectivity index (χ0v) is 12.1. The Kier molecular flexibility index (Phi) is 3.17. The van der Waals surface area contributed by atoms with Crippen LogP contribution in [0.2, 0.25) is 5.02 Å². The summed E-state index contributed by atoms with van der Waals surface area (Å²) in [5.74, 6) is -0.0129. The number of benzene rings is 2. The van der Waals surface area contributed by atoms with Crippen LogP contribution in [0, 0.1) is 0 Å². The zero-order chi connectivity index (χ0) is 13.4. The maximum Gasteiger partial charge on any atom is 0.196 e. The van der Waals surface area contributed by atoms with Crippen molar-refractivity contribution in [1.82, 2.24) is 4.98 Å². The van der Waals surface area contributed by atoms with Crippen LogP contribution >= 0.6 is 27.5 Å². The molecule has 0 saturated heterocycles. The number of ketones is 1. The Bertz CT molecular complexity index is 779. The molecular weight excluding hydrogens is 326 g/mol. The highest BCUT2D eigenvalue weighted by molar-refractivity contribution is 9.10. The number of halogens is 2. The standard InChI is InChI=1S/C15H9BrClNO/c16-13-4-2-1-3-11(13)15(19)12-8-18-14-7-9(17)5-6-10(12)14/h1-8,18H. The van der Waals surface area contributed by atoms with Gasteiger partial charge in [0.2, 0.25) is 0 Å². The van der Waals surface area contributed by atoms with Crippen molar-refractivity contribution < 1.29 is 4.79 Å². The summed E-state index contributed by atoms with van der Waals surface area (Å²) in [7, 11) is 0. The molecule has 0 aliphatic carbocycles. The number of hydrogen-bond donors (Lipinski definition) is 1. The number of fused-ring (bicyclic) bond motifs is 1. The van der Waals surface area contributed by atoms with E-state index >= 15 is 0 Å². The molecule has 0 unspecified atom stereocenters. The van der Waals surface area contributed by atoms with Gasteiger partial charge in [-0.1, -0.05) is 45.7 Å². The first kappa shape index (κ1) is 12.5. The Labute approximate surface area is 123 Å². The van der Waals surface area contributed by atoms with Gasteiger partial charge in [0.15, 0.2) is 5.78 Å². The smallest absolute Gasteiger partial charge is 0.196 e. The van der Waals surface area contributed by atoms with E-state index in [9.17, 15) is 4.79 Å². The van der Waals surface area contributed by atoms with Crippen LogP contribution < -0.4 is 0 Å². The van der Waals surface area contributed by atoms with Crippen LogP contribution in [-0.2, 0) is 0 Å². The summed E-state index contributed by atoms with van der Waals surface area (Å²) in [4.78, 5) is 15.6. The van der Waals surface area contributed by atoms with Crippen molar-refractivity contribution in [1.29, 1.82) is 0 Å². The van der Waals surface area contributed by atoms with Gasteiger partial charge in [-0.15, -0.1) is 0 Å². The van der Waals surface area contributed by atoms with Crippen LogP contribution in [0.5, 0.6) is 0 Å². The van der Waals surface area contributed by atoms with E-state index in [0.29, 0.717) is 16.1 Å². The van der Waals surface area contributed by atoms with Crippen molar-refractivity contribution >= 4 is 44.2 Å². The van der Waals surface area contributed by atoms with Gasteiger partial charge < -0.3 is 4.98 Å². The Balaban J connectivity index is 2.15. The molecule has 1 N–H and O–H groups in total. The predicted molar refractivity (Wildman–Crippen MR) is 80.9 cm³/mol. The molecule has 0 radical (unpaired) electrons. The molecule has 94 valence electrons. The molecule has 0 spiro atoms. The van der Waals surface area contributed by atoms with E-state index in [4.69, 9.17) is 11.6 Å². The third-order valence-electron chi connectivity index (χ3n) is 3.01. The van der Waals surface area contributed by atoms with Crippen LogP contribution in [0.15, 0.2) is 53.1 Å². The molecule has 0 amide bonds. The molecule has 4 heteroatoms. The fourth-order valence-electron chi connectivity index (χ4n) is 2.08. The van der Waals surface area contributed by atoms with Crippen molar-refractivity contribution in [2.75, 3.05) is 0 Å². The quantitative estimate of drug-likeness (QED) is 0.670. The Morgan fingerprint density at radius 1 is 1.11 bits per heavy atom. The molecule has 0 saturated carbocycles. The van der Waals surface area contributed by atoms with Gasteiger partial charge in [-0.2, -0.15) is 0 Å². The van der Waals surface area contributed by atoms with E-state index in [-0.39, 0.29) is 5.78 Å². The van der Waals surface area contributed by atoms with E-state index in [1.165, 1.54) is 0 Å². The predicted octanol–water partition coefficient (Wildman–Crippen LogP) is 4.81. The summed E-state index contributed by atoms with van der Waals surface area (Å²) < 4.78 is 0.795. The summed E-state index contributed by atoms with van der Waals surface area (Å²) in [5.41, 5.74) is 2.17. The molecule has 19 heavy (non-hydrogen) atoms. The van der Waals surface area contributed by atoms with Crippen LogP contribution in [0.1, 0.15) is 15.9 Å². The Morgan fingerprint density at radius 3 is 2.68 bits per heavy atom. The van der Waals surface area contributed by atoms with Crippen LogP contribution in [0.25, 0.3) is 10.9 Å². The number of H-pyrrole nitrogens is 1. The van der Waals surface area contributed by atoms with E-state index < -0.39 is 0 Å². The topological polar surface area (TPSA) is 32.9 Å². The number of hydrogen-bond acceptors (Lipinski definition) is 1.